The third kappa shape index (κ3) is 7.14. The Balaban J connectivity index is 0.931. The van der Waals surface area contributed by atoms with Gasteiger partial charge in [0.2, 0.25) is 0 Å². The molecule has 5 heterocycles. The Labute approximate surface area is 510 Å². The van der Waals surface area contributed by atoms with Gasteiger partial charge in [-0.1, -0.05) is 183 Å². The molecule has 14 aromatic rings. The van der Waals surface area contributed by atoms with Crippen LogP contribution in [-0.4, -0.2) is 15.7 Å². The van der Waals surface area contributed by atoms with Crippen LogP contribution in [0.3, 0.4) is 0 Å². The van der Waals surface area contributed by atoms with Gasteiger partial charge in [-0.2, -0.15) is 0 Å². The minimum Gasteiger partial charge on any atom is -0.311 e. The van der Waals surface area contributed by atoms with Crippen molar-refractivity contribution in [3.63, 3.8) is 0 Å². The third-order valence-electron chi connectivity index (χ3n) is 21.7. The average Bonchev–Trinajstić information content (AvgIpc) is 1.13. The highest BCUT2D eigenvalue weighted by atomic mass is 15.2. The van der Waals surface area contributed by atoms with Gasteiger partial charge in [0.1, 0.15) is 0 Å². The second-order valence-corrected chi connectivity index (χ2v) is 28.6. The number of hydrogen-bond donors (Lipinski definition) is 0. The quantitative estimate of drug-likeness (QED) is 0.160. The van der Waals surface area contributed by atoms with Gasteiger partial charge < -0.3 is 18.8 Å². The fourth-order valence-electron chi connectivity index (χ4n) is 16.9. The molecular formula is C82H69BN4. The largest absolute Gasteiger partial charge is 0.311 e. The van der Waals surface area contributed by atoms with Crippen molar-refractivity contribution in [3.05, 3.63) is 247 Å². The summed E-state index contributed by atoms with van der Waals surface area (Å²) in [6.45, 7) is 19.8. The van der Waals surface area contributed by atoms with E-state index in [2.05, 4.69) is 299 Å². The molecule has 18 rings (SSSR count). The Kier molecular flexibility index (Phi) is 10.3. The van der Waals surface area contributed by atoms with Gasteiger partial charge in [0.05, 0.1) is 27.6 Å². The van der Waals surface area contributed by atoms with Gasteiger partial charge in [0.25, 0.3) is 6.71 Å². The lowest BCUT2D eigenvalue weighted by Gasteiger charge is -2.48. The second-order valence-electron chi connectivity index (χ2n) is 28.6. The summed E-state index contributed by atoms with van der Waals surface area (Å²) < 4.78 is 4.92. The Morgan fingerprint density at radius 1 is 0.299 bits per heavy atom. The molecule has 0 spiro atoms. The van der Waals surface area contributed by atoms with Gasteiger partial charge in [0.15, 0.2) is 0 Å². The molecular weight excluding hydrogens is 1050 g/mol. The van der Waals surface area contributed by atoms with Crippen LogP contribution in [0.15, 0.2) is 224 Å². The molecule has 0 saturated carbocycles. The van der Waals surface area contributed by atoms with Crippen LogP contribution in [0, 0.1) is 0 Å². The van der Waals surface area contributed by atoms with Crippen LogP contribution in [0.25, 0.3) is 87.8 Å². The Morgan fingerprint density at radius 3 is 1.45 bits per heavy atom. The summed E-state index contributed by atoms with van der Waals surface area (Å²) in [5, 5.41) is 7.69. The highest BCUT2D eigenvalue weighted by Crippen LogP contribution is 2.54. The molecule has 0 saturated heterocycles. The van der Waals surface area contributed by atoms with E-state index < -0.39 is 0 Å². The first-order valence-corrected chi connectivity index (χ1v) is 31.7. The van der Waals surface area contributed by atoms with E-state index in [4.69, 9.17) is 0 Å². The van der Waals surface area contributed by atoms with Crippen LogP contribution in [-0.2, 0) is 21.7 Å². The standard InChI is InChI=1S/C82H69BN4/c1-79(2)38-39-80(3,4)64-47-56(33-34-63(64)79)86-74-49-66-65(81(5,6)40-41-82(66,7)8)48-68(74)83-67-35-30-52(50-31-37-72-62(42-50)60-27-19-26-59-57-24-15-18-29-70(57)87(72)78(59)60)44-73(67)85(55-22-13-10-14-23-55)75-45-53(46-76(86)77(75)83)51-32-36-71-61(43-51)58-25-16-17-28-69(58)84(71)54-20-11-9-12-21-54/h9-37,42-49H,38-41H2,1-8H3. The summed E-state index contributed by atoms with van der Waals surface area (Å²) in [5.41, 5.74) is 29.6. The number of rotatable bonds is 5. The molecule has 4 aliphatic rings. The SMILES string of the molecule is CC1(C)CCC(C)(C)c2cc(N3c4cc5c(cc4B4c6ccc(-c7ccc8c(c7)c7cccc9c%10ccccc%10n8c97)cc6N(c6ccccc6)c6cc(-c7ccc8c(c7)c7ccccc7n8-c7ccccc7)cc3c64)C(C)(C)CCC5(C)C)ccc21. The molecule has 0 amide bonds. The maximum atomic E-state index is 2.72. The monoisotopic (exact) mass is 1120 g/mol. The van der Waals surface area contributed by atoms with Crippen molar-refractivity contribution in [1.82, 2.24) is 8.97 Å². The average molecular weight is 1120 g/mol. The van der Waals surface area contributed by atoms with Gasteiger partial charge in [-0.3, -0.25) is 0 Å². The number of hydrogen-bond acceptors (Lipinski definition) is 2. The van der Waals surface area contributed by atoms with Crippen molar-refractivity contribution in [1.29, 1.82) is 0 Å². The zero-order valence-corrected chi connectivity index (χ0v) is 51.1. The number of anilines is 6. The predicted molar refractivity (Wildman–Crippen MR) is 371 cm³/mol. The van der Waals surface area contributed by atoms with E-state index in [1.807, 2.05) is 0 Å². The van der Waals surface area contributed by atoms with E-state index >= 15 is 0 Å². The van der Waals surface area contributed by atoms with Crippen molar-refractivity contribution in [2.24, 2.45) is 0 Å². The molecule has 0 unspecified atom stereocenters. The van der Waals surface area contributed by atoms with Crippen LogP contribution < -0.4 is 26.2 Å². The second kappa shape index (κ2) is 17.7. The van der Waals surface area contributed by atoms with E-state index in [1.165, 1.54) is 156 Å². The van der Waals surface area contributed by atoms with E-state index in [0.717, 1.165) is 30.6 Å². The highest BCUT2D eigenvalue weighted by molar-refractivity contribution is 7.00. The van der Waals surface area contributed by atoms with Gasteiger partial charge in [-0.15, -0.1) is 0 Å². The molecule has 0 N–H and O–H groups in total. The molecule has 2 aliphatic carbocycles. The normalized spacial score (nSPS) is 16.9. The van der Waals surface area contributed by atoms with Crippen molar-refractivity contribution in [2.75, 3.05) is 9.80 Å². The first kappa shape index (κ1) is 51.0. The van der Waals surface area contributed by atoms with Gasteiger partial charge in [0, 0.05) is 72.1 Å². The van der Waals surface area contributed by atoms with E-state index in [9.17, 15) is 0 Å². The van der Waals surface area contributed by atoms with Gasteiger partial charge >= 0.3 is 0 Å². The lowest BCUT2D eigenvalue weighted by Crippen LogP contribution is -2.61. The van der Waals surface area contributed by atoms with E-state index in [1.54, 1.807) is 0 Å². The van der Waals surface area contributed by atoms with Gasteiger partial charge in [-0.05, 0) is 205 Å². The topological polar surface area (TPSA) is 15.8 Å². The van der Waals surface area contributed by atoms with Crippen LogP contribution in [0.2, 0.25) is 0 Å². The Hall–Kier alpha value is -9.32. The first-order chi connectivity index (χ1) is 42.1. The summed E-state index contributed by atoms with van der Waals surface area (Å²) in [4.78, 5) is 5.34. The molecule has 0 bridgehead atoms. The van der Waals surface area contributed by atoms with Crippen LogP contribution in [0.1, 0.15) is 103 Å². The maximum absolute atomic E-state index is 2.72. The zero-order chi connectivity index (χ0) is 58.6. The zero-order valence-electron chi connectivity index (χ0n) is 51.1. The number of benzene rings is 11. The summed E-state index contributed by atoms with van der Waals surface area (Å²) in [6, 6.07) is 86.7. The van der Waals surface area contributed by atoms with Crippen molar-refractivity contribution in [2.45, 2.75) is 103 Å². The maximum Gasteiger partial charge on any atom is 0.252 e. The van der Waals surface area contributed by atoms with E-state index in [0.29, 0.717) is 0 Å². The molecule has 0 atom stereocenters. The predicted octanol–water partition coefficient (Wildman–Crippen LogP) is 20.0. The fraction of sp³-hybridized carbons (Fsp3) is 0.195. The van der Waals surface area contributed by atoms with Crippen LogP contribution in [0.4, 0.5) is 34.1 Å². The van der Waals surface area contributed by atoms with Crippen molar-refractivity contribution >= 4 is 117 Å². The Morgan fingerprint density at radius 2 is 0.759 bits per heavy atom. The number of nitrogens with zero attached hydrogens (tertiary/aromatic N) is 4. The lowest BCUT2D eigenvalue weighted by molar-refractivity contribution is 0.332. The Bertz CT molecular complexity index is 5250. The molecule has 4 nitrogen and oxygen atoms in total. The minimum atomic E-state index is -0.0541. The number of fused-ring (bicyclic) bond motifs is 15. The molecule has 87 heavy (non-hydrogen) atoms. The van der Waals surface area contributed by atoms with Crippen LogP contribution in [0.5, 0.6) is 0 Å². The number of aromatic nitrogens is 2. The minimum absolute atomic E-state index is 0.00386. The summed E-state index contributed by atoms with van der Waals surface area (Å²) in [7, 11) is 0. The van der Waals surface area contributed by atoms with E-state index in [-0.39, 0.29) is 28.4 Å². The van der Waals surface area contributed by atoms with Crippen LogP contribution >= 0.6 is 0 Å². The van der Waals surface area contributed by atoms with Gasteiger partial charge in [-0.25, -0.2) is 0 Å². The molecule has 3 aromatic heterocycles. The highest BCUT2D eigenvalue weighted by Gasteiger charge is 2.47. The molecule has 0 fully saturated rings. The number of para-hydroxylation sites is 5. The summed E-state index contributed by atoms with van der Waals surface area (Å²) >= 11 is 0. The molecule has 0 radical (unpaired) electrons. The molecule has 5 heteroatoms. The molecule has 420 valence electrons. The lowest BCUT2D eigenvalue weighted by atomic mass is 9.33. The first-order valence-electron chi connectivity index (χ1n) is 31.7. The third-order valence-corrected chi connectivity index (χ3v) is 21.7. The molecule has 2 aliphatic heterocycles. The molecule has 11 aromatic carbocycles. The summed E-state index contributed by atoms with van der Waals surface area (Å²) in [5.74, 6) is 0. The summed E-state index contributed by atoms with van der Waals surface area (Å²) in [6.07, 6.45) is 4.61. The fourth-order valence-corrected chi connectivity index (χ4v) is 16.9. The smallest absolute Gasteiger partial charge is 0.252 e. The van der Waals surface area contributed by atoms with Crippen molar-refractivity contribution in [3.8, 4) is 27.9 Å². The van der Waals surface area contributed by atoms with Crippen molar-refractivity contribution < 1.29 is 0 Å².